The van der Waals surface area contributed by atoms with E-state index in [-0.39, 0.29) is 18.3 Å². The molecule has 20 heavy (non-hydrogen) atoms. The highest BCUT2D eigenvalue weighted by Crippen LogP contribution is 2.34. The second-order valence-electron chi connectivity index (χ2n) is 4.93. The summed E-state index contributed by atoms with van der Waals surface area (Å²) >= 11 is 0. The molecule has 0 spiro atoms. The summed E-state index contributed by atoms with van der Waals surface area (Å²) in [6.07, 6.45) is -3.77. The topological polar surface area (TPSA) is 96.8 Å². The van der Waals surface area contributed by atoms with Gasteiger partial charge in [0, 0.05) is 13.2 Å². The highest BCUT2D eigenvalue weighted by molar-refractivity contribution is 5.79. The Hall–Kier alpha value is -0.900. The summed E-state index contributed by atoms with van der Waals surface area (Å²) in [4.78, 5) is 9.12. The maximum absolute atomic E-state index is 10.7. The molecule has 0 aliphatic carbocycles. The third kappa shape index (κ3) is 4.58. The molecular weight excluding hydrogens is 281 g/mol. The number of carbonyl (C=O) groups excluding carboxylic acids is 1. The Bertz CT molecular complexity index is 349. The third-order valence-electron chi connectivity index (χ3n) is 2.83. The fourth-order valence-corrected chi connectivity index (χ4v) is 2.03. The SMILES string of the molecule is CC1(C)OC2CCOC(CN)C2O1.NC(=O)C(F)(F)F. The zero-order valence-electron chi connectivity index (χ0n) is 11.3. The molecule has 2 aliphatic heterocycles. The number of amides is 1. The van der Waals surface area contributed by atoms with Crippen LogP contribution in [-0.4, -0.2) is 49.3 Å². The molecule has 2 fully saturated rings. The highest BCUT2D eigenvalue weighted by Gasteiger charge is 2.47. The van der Waals surface area contributed by atoms with Crippen LogP contribution < -0.4 is 11.5 Å². The fourth-order valence-electron chi connectivity index (χ4n) is 2.03. The lowest BCUT2D eigenvalue weighted by atomic mass is 10.0. The van der Waals surface area contributed by atoms with Gasteiger partial charge in [0.05, 0.1) is 12.2 Å². The molecular formula is C11H19F3N2O4. The van der Waals surface area contributed by atoms with Crippen LogP contribution in [0.5, 0.6) is 0 Å². The molecule has 0 saturated carbocycles. The molecule has 0 aromatic rings. The maximum atomic E-state index is 10.7. The predicted octanol–water partition coefficient (Wildman–Crippen LogP) is 0.288. The Morgan fingerprint density at radius 1 is 1.35 bits per heavy atom. The Morgan fingerprint density at radius 3 is 2.35 bits per heavy atom. The van der Waals surface area contributed by atoms with E-state index in [9.17, 15) is 13.2 Å². The molecule has 0 radical (unpaired) electrons. The molecule has 3 atom stereocenters. The minimum absolute atomic E-state index is 0.000486. The van der Waals surface area contributed by atoms with Gasteiger partial charge < -0.3 is 25.7 Å². The zero-order valence-corrected chi connectivity index (χ0v) is 11.3. The van der Waals surface area contributed by atoms with Crippen molar-refractivity contribution in [3.05, 3.63) is 0 Å². The fraction of sp³-hybridized carbons (Fsp3) is 0.909. The van der Waals surface area contributed by atoms with E-state index in [1.165, 1.54) is 0 Å². The molecule has 9 heteroatoms. The summed E-state index contributed by atoms with van der Waals surface area (Å²) in [5, 5.41) is 0. The van der Waals surface area contributed by atoms with Gasteiger partial charge >= 0.3 is 12.1 Å². The smallest absolute Gasteiger partial charge is 0.374 e. The van der Waals surface area contributed by atoms with Crippen molar-refractivity contribution in [3.8, 4) is 0 Å². The molecule has 2 aliphatic rings. The molecule has 1 amide bonds. The van der Waals surface area contributed by atoms with Crippen LogP contribution in [0, 0.1) is 0 Å². The lowest BCUT2D eigenvalue weighted by Crippen LogP contribution is -2.46. The summed E-state index contributed by atoms with van der Waals surface area (Å²) in [7, 11) is 0. The van der Waals surface area contributed by atoms with Crippen LogP contribution in [0.3, 0.4) is 0 Å². The number of nitrogens with two attached hydrogens (primary N) is 2. The molecule has 118 valence electrons. The molecule has 0 aromatic heterocycles. The Labute approximate surface area is 114 Å². The van der Waals surface area contributed by atoms with Gasteiger partial charge in [-0.2, -0.15) is 13.2 Å². The van der Waals surface area contributed by atoms with Crippen molar-refractivity contribution in [1.29, 1.82) is 0 Å². The van der Waals surface area contributed by atoms with E-state index in [0.29, 0.717) is 6.54 Å². The molecule has 2 heterocycles. The van der Waals surface area contributed by atoms with Crippen LogP contribution in [0.25, 0.3) is 0 Å². The first-order valence-corrected chi connectivity index (χ1v) is 6.11. The van der Waals surface area contributed by atoms with Crippen molar-refractivity contribution < 1.29 is 32.2 Å². The van der Waals surface area contributed by atoms with E-state index < -0.39 is 17.9 Å². The first-order chi connectivity index (χ1) is 9.07. The van der Waals surface area contributed by atoms with Gasteiger partial charge in [0.1, 0.15) is 6.10 Å². The Balaban J connectivity index is 0.000000246. The summed E-state index contributed by atoms with van der Waals surface area (Å²) < 4.78 is 49.1. The number of primary amides is 1. The number of ether oxygens (including phenoxy) is 3. The minimum atomic E-state index is -4.86. The van der Waals surface area contributed by atoms with E-state index in [1.807, 2.05) is 13.8 Å². The molecule has 2 saturated heterocycles. The summed E-state index contributed by atoms with van der Waals surface area (Å²) in [5.74, 6) is -2.73. The van der Waals surface area contributed by atoms with Crippen LogP contribution >= 0.6 is 0 Å². The van der Waals surface area contributed by atoms with Gasteiger partial charge in [-0.25, -0.2) is 0 Å². The molecule has 0 bridgehead atoms. The van der Waals surface area contributed by atoms with Gasteiger partial charge in [-0.1, -0.05) is 0 Å². The predicted molar refractivity (Wildman–Crippen MR) is 62.5 cm³/mol. The van der Waals surface area contributed by atoms with Crippen molar-refractivity contribution >= 4 is 5.91 Å². The number of hydrogen-bond acceptors (Lipinski definition) is 5. The normalized spacial score (nSPS) is 32.0. The number of carbonyl (C=O) groups is 1. The van der Waals surface area contributed by atoms with E-state index in [4.69, 9.17) is 24.7 Å². The van der Waals surface area contributed by atoms with E-state index >= 15 is 0 Å². The molecule has 3 unspecified atom stereocenters. The first kappa shape index (κ1) is 17.2. The van der Waals surface area contributed by atoms with Gasteiger partial charge in [0.2, 0.25) is 0 Å². The van der Waals surface area contributed by atoms with Gasteiger partial charge in [-0.05, 0) is 20.3 Å². The molecule has 4 N–H and O–H groups in total. The number of fused-ring (bicyclic) bond motifs is 1. The third-order valence-corrected chi connectivity index (χ3v) is 2.83. The largest absolute Gasteiger partial charge is 0.470 e. The van der Waals surface area contributed by atoms with Crippen molar-refractivity contribution in [2.24, 2.45) is 11.5 Å². The lowest BCUT2D eigenvalue weighted by molar-refractivity contribution is -0.169. The van der Waals surface area contributed by atoms with Gasteiger partial charge in [0.25, 0.3) is 0 Å². The van der Waals surface area contributed by atoms with Crippen molar-refractivity contribution in [2.45, 2.75) is 50.5 Å². The second-order valence-corrected chi connectivity index (χ2v) is 4.93. The minimum Gasteiger partial charge on any atom is -0.374 e. The number of alkyl halides is 3. The van der Waals surface area contributed by atoms with Crippen LogP contribution in [0.2, 0.25) is 0 Å². The number of halogens is 3. The van der Waals surface area contributed by atoms with Gasteiger partial charge in [-0.3, -0.25) is 4.79 Å². The quantitative estimate of drug-likeness (QED) is 0.725. The highest BCUT2D eigenvalue weighted by atomic mass is 19.4. The molecule has 6 nitrogen and oxygen atoms in total. The van der Waals surface area contributed by atoms with Crippen molar-refractivity contribution in [1.82, 2.24) is 0 Å². The van der Waals surface area contributed by atoms with Crippen LogP contribution in [0.15, 0.2) is 0 Å². The van der Waals surface area contributed by atoms with E-state index in [1.54, 1.807) is 0 Å². The summed E-state index contributed by atoms with van der Waals surface area (Å²) in [6, 6.07) is 0. The van der Waals surface area contributed by atoms with Crippen molar-refractivity contribution in [2.75, 3.05) is 13.2 Å². The van der Waals surface area contributed by atoms with Gasteiger partial charge in [-0.15, -0.1) is 0 Å². The standard InChI is InChI=1S/C9H17NO3.C2H2F3NO/c1-9(2)12-6-3-4-11-7(5-10)8(6)13-9;3-2(4,5)1(6)7/h6-8H,3-5,10H2,1-2H3;(H2,6,7). The summed E-state index contributed by atoms with van der Waals surface area (Å²) in [5.41, 5.74) is 9.39. The van der Waals surface area contributed by atoms with E-state index in [0.717, 1.165) is 13.0 Å². The molecule has 2 rings (SSSR count). The molecule has 0 aromatic carbocycles. The van der Waals surface area contributed by atoms with Crippen molar-refractivity contribution in [3.63, 3.8) is 0 Å². The second kappa shape index (κ2) is 6.25. The Morgan fingerprint density at radius 2 is 1.90 bits per heavy atom. The average molecular weight is 300 g/mol. The lowest BCUT2D eigenvalue weighted by Gasteiger charge is -2.30. The Kier molecular flexibility index (Phi) is 5.36. The van der Waals surface area contributed by atoms with Crippen LogP contribution in [-0.2, 0) is 19.0 Å². The first-order valence-electron chi connectivity index (χ1n) is 6.11. The zero-order chi connectivity index (χ0) is 15.6. The average Bonchev–Trinajstić information content (AvgIpc) is 2.61. The number of hydrogen-bond donors (Lipinski definition) is 2. The van der Waals surface area contributed by atoms with Gasteiger partial charge in [0.15, 0.2) is 5.79 Å². The summed E-state index contributed by atoms with van der Waals surface area (Å²) in [6.45, 7) is 5.08. The number of rotatable bonds is 1. The van der Waals surface area contributed by atoms with E-state index in [2.05, 4.69) is 5.73 Å². The van der Waals surface area contributed by atoms with Crippen LogP contribution in [0.4, 0.5) is 13.2 Å². The monoisotopic (exact) mass is 300 g/mol. The maximum Gasteiger partial charge on any atom is 0.470 e. The van der Waals surface area contributed by atoms with Crippen LogP contribution in [0.1, 0.15) is 20.3 Å².